The Labute approximate surface area is 45.9 Å². The van der Waals surface area contributed by atoms with Crippen LogP contribution < -0.4 is 0 Å². The molecular weight excluding hydrogens is 115 g/mol. The molecule has 0 unspecified atom stereocenters. The van der Waals surface area contributed by atoms with Crippen LogP contribution >= 0.6 is 8.55 Å². The van der Waals surface area contributed by atoms with Crippen LogP contribution in [0.2, 0.25) is 0 Å². The SMILES string of the molecule is [3H][PH](OC)(OC)OC. The van der Waals surface area contributed by atoms with E-state index in [1.807, 2.05) is 0 Å². The van der Waals surface area contributed by atoms with Crippen molar-refractivity contribution < 1.29 is 13.6 Å². The Balaban J connectivity index is 3.58. The number of hydrogen-bond donors (Lipinski definition) is 0. The summed E-state index contributed by atoms with van der Waals surface area (Å²) in [5.41, 5.74) is 0. The molecule has 4 heteroatoms. The van der Waals surface area contributed by atoms with Crippen molar-refractivity contribution >= 4 is 8.55 Å². The third kappa shape index (κ3) is 2.94. The molecule has 0 rings (SSSR count). The summed E-state index contributed by atoms with van der Waals surface area (Å²) in [5.74, 6) is 0. The van der Waals surface area contributed by atoms with Gasteiger partial charge in [0.15, 0.2) is 0 Å². The van der Waals surface area contributed by atoms with Gasteiger partial charge in [0.05, 0.1) is 0 Å². The fraction of sp³-hybridized carbons (Fsp3) is 1.00. The molecule has 46 valence electrons. The van der Waals surface area contributed by atoms with Gasteiger partial charge in [-0.05, 0) is 0 Å². The summed E-state index contributed by atoms with van der Waals surface area (Å²) >= 11 is 0. The molecule has 0 saturated carbocycles. The van der Waals surface area contributed by atoms with E-state index in [1.165, 1.54) is 21.3 Å². The average Bonchev–Trinajstić information content (AvgIpc) is 1.87. The topological polar surface area (TPSA) is 27.7 Å². The number of hydrogen-bond acceptors (Lipinski definition) is 3. The van der Waals surface area contributed by atoms with Crippen LogP contribution in [0.5, 0.6) is 0 Å². The monoisotopic (exact) mass is 128 g/mol. The predicted octanol–water partition coefficient (Wildman–Crippen LogP) is 0.617. The van der Waals surface area contributed by atoms with Crippen molar-refractivity contribution in [1.82, 2.24) is 0 Å². The second-order valence-electron chi connectivity index (χ2n) is 0.862. The molecule has 0 fully saturated rings. The summed E-state index contributed by atoms with van der Waals surface area (Å²) in [6.07, 6.45) is 0. The van der Waals surface area contributed by atoms with Crippen molar-refractivity contribution in [3.8, 4) is 0 Å². The minimum atomic E-state index is -2.92. The first-order chi connectivity index (χ1) is 3.68. The van der Waals surface area contributed by atoms with Gasteiger partial charge in [-0.1, -0.05) is 0 Å². The van der Waals surface area contributed by atoms with E-state index in [0.29, 0.717) is 0 Å². The van der Waals surface area contributed by atoms with E-state index in [9.17, 15) is 0 Å². The van der Waals surface area contributed by atoms with Crippen molar-refractivity contribution in [2.45, 2.75) is 0 Å². The molecule has 7 heavy (non-hydrogen) atoms. The Morgan fingerprint density at radius 2 is 1.43 bits per heavy atom. The molecule has 0 saturated heterocycles. The molecule has 0 aromatic heterocycles. The van der Waals surface area contributed by atoms with Crippen molar-refractivity contribution in [2.75, 3.05) is 21.3 Å². The van der Waals surface area contributed by atoms with Crippen LogP contribution in [0.25, 0.3) is 0 Å². The summed E-state index contributed by atoms with van der Waals surface area (Å²) in [6.45, 7) is 0. The molecule has 0 aliphatic rings. The van der Waals surface area contributed by atoms with Crippen molar-refractivity contribution in [3.05, 3.63) is 0 Å². The Bertz CT molecular complexity index is 57.3. The Morgan fingerprint density at radius 3 is 1.43 bits per heavy atom. The third-order valence-electron chi connectivity index (χ3n) is 0.500. The van der Waals surface area contributed by atoms with Gasteiger partial charge in [-0.15, -0.1) is 0 Å². The molecule has 0 amide bonds. The van der Waals surface area contributed by atoms with Crippen LogP contribution in [-0.2, 0) is 13.6 Å². The van der Waals surface area contributed by atoms with E-state index in [2.05, 4.69) is 13.6 Å². The summed E-state index contributed by atoms with van der Waals surface area (Å²) in [6, 6.07) is 0. The maximum atomic E-state index is 7.14. The maximum absolute atomic E-state index is 7.14. The summed E-state index contributed by atoms with van der Waals surface area (Å²) in [5, 5.41) is 0. The third-order valence-corrected chi connectivity index (χ3v) is 1.50. The van der Waals surface area contributed by atoms with Crippen LogP contribution in [0.4, 0.5) is 0 Å². The van der Waals surface area contributed by atoms with Gasteiger partial charge in [-0.3, -0.25) is 0 Å². The van der Waals surface area contributed by atoms with E-state index in [4.69, 9.17) is 1.28 Å². The van der Waals surface area contributed by atoms with Gasteiger partial charge in [-0.2, -0.15) is 0 Å². The van der Waals surface area contributed by atoms with E-state index in [0.717, 1.165) is 0 Å². The normalized spacial score (nSPS) is 16.1. The first-order valence-corrected chi connectivity index (χ1v) is 3.06. The van der Waals surface area contributed by atoms with E-state index in [1.54, 1.807) is 0 Å². The standard InChI is InChI=1S/C3H11O3P/c1-4-7(5-2)6-3/h7H2,1-3H3/i7T. The molecule has 3 nitrogen and oxygen atoms in total. The van der Waals surface area contributed by atoms with Gasteiger partial charge in [-0.25, -0.2) is 0 Å². The van der Waals surface area contributed by atoms with Crippen LogP contribution in [-0.4, -0.2) is 22.6 Å². The van der Waals surface area contributed by atoms with Gasteiger partial charge in [0.2, 0.25) is 0 Å². The molecule has 0 aromatic carbocycles. The van der Waals surface area contributed by atoms with Gasteiger partial charge >= 0.3 is 44.7 Å². The first-order valence-electron chi connectivity index (χ1n) is 2.34. The molecule has 0 aromatic rings. The Morgan fingerprint density at radius 1 is 1.14 bits per heavy atom. The van der Waals surface area contributed by atoms with E-state index >= 15 is 0 Å². The predicted molar refractivity (Wildman–Crippen MR) is 30.7 cm³/mol. The van der Waals surface area contributed by atoms with Gasteiger partial charge in [0.25, 0.3) is 0 Å². The summed E-state index contributed by atoms with van der Waals surface area (Å²) < 4.78 is 20.9. The molecule has 0 radical (unpaired) electrons. The number of rotatable bonds is 3. The second-order valence-corrected chi connectivity index (χ2v) is 2.59. The molecule has 0 aliphatic heterocycles. The zero-order valence-corrected chi connectivity index (χ0v) is 5.72. The minimum absolute atomic E-state index is 1.40. The molecule has 0 bridgehead atoms. The summed E-state index contributed by atoms with van der Waals surface area (Å²) in [7, 11) is 1.26. The van der Waals surface area contributed by atoms with Crippen molar-refractivity contribution in [3.63, 3.8) is 0 Å². The van der Waals surface area contributed by atoms with Gasteiger partial charge < -0.3 is 0 Å². The van der Waals surface area contributed by atoms with Crippen molar-refractivity contribution in [2.24, 2.45) is 0 Å². The molecule has 0 heterocycles. The average molecular weight is 128 g/mol. The fourth-order valence-corrected chi connectivity index (χ4v) is 0.750. The Kier molecular flexibility index (Phi) is 3.48. The molecule has 0 atom stereocenters. The van der Waals surface area contributed by atoms with Crippen molar-refractivity contribution in [1.29, 1.82) is 1.28 Å². The quantitative estimate of drug-likeness (QED) is 0.521. The molecule has 0 N–H and O–H groups in total. The van der Waals surface area contributed by atoms with Crippen LogP contribution in [0.3, 0.4) is 0 Å². The molecule has 0 aliphatic carbocycles. The fourth-order valence-electron chi connectivity index (χ4n) is 0.250. The van der Waals surface area contributed by atoms with Gasteiger partial charge in [0, 0.05) is 0 Å². The Hall–Kier alpha value is 0.310. The summed E-state index contributed by atoms with van der Waals surface area (Å²) in [4.78, 5) is 0. The zero-order valence-electron chi connectivity index (χ0n) is 5.72. The zero-order chi connectivity index (χ0) is 6.62. The van der Waals surface area contributed by atoms with Gasteiger partial charge in [0.1, 0.15) is 0 Å². The second kappa shape index (κ2) is 4.47. The molecular formula is C3H11O3P. The van der Waals surface area contributed by atoms with E-state index < -0.39 is 8.55 Å². The molecule has 0 spiro atoms. The first kappa shape index (κ1) is 5.45. The van der Waals surface area contributed by atoms with Crippen LogP contribution in [0.1, 0.15) is 0 Å². The van der Waals surface area contributed by atoms with Crippen LogP contribution in [0.15, 0.2) is 0 Å². The van der Waals surface area contributed by atoms with E-state index in [-0.39, 0.29) is 0 Å². The van der Waals surface area contributed by atoms with Crippen LogP contribution in [0, 0.1) is 0 Å².